The quantitative estimate of drug-likeness (QED) is 0.434. The summed E-state index contributed by atoms with van der Waals surface area (Å²) in [5, 5.41) is 12.2. The summed E-state index contributed by atoms with van der Waals surface area (Å²) in [6.45, 7) is 7.74. The van der Waals surface area contributed by atoms with Gasteiger partial charge in [0.2, 0.25) is 0 Å². The minimum Gasteiger partial charge on any atom is -0.395 e. The van der Waals surface area contributed by atoms with Gasteiger partial charge < -0.3 is 5.11 Å². The highest BCUT2D eigenvalue weighted by Crippen LogP contribution is 2.37. The van der Waals surface area contributed by atoms with E-state index in [2.05, 4.69) is 11.1 Å². The van der Waals surface area contributed by atoms with E-state index in [1.54, 1.807) is 23.6 Å². The lowest BCUT2D eigenvalue weighted by Crippen LogP contribution is -2.23. The molecule has 0 unspecified atom stereocenters. The Hall–Kier alpha value is -1.73. The predicted octanol–water partition coefficient (Wildman–Crippen LogP) is 5.97. The van der Waals surface area contributed by atoms with Gasteiger partial charge >= 0.3 is 0 Å². The van der Waals surface area contributed by atoms with Crippen molar-refractivity contribution in [1.82, 2.24) is 4.98 Å². The number of thiophene rings is 1. The lowest BCUT2D eigenvalue weighted by molar-refractivity contribution is 0.215. The number of rotatable bonds is 8. The number of benzene rings is 1. The predicted molar refractivity (Wildman–Crippen MR) is 130 cm³/mol. The molecular formula is C24H28ClNO3S2. The van der Waals surface area contributed by atoms with Crippen LogP contribution >= 0.6 is 22.9 Å². The van der Waals surface area contributed by atoms with Crippen LogP contribution in [0.25, 0.3) is 21.6 Å². The second kappa shape index (κ2) is 9.41. The molecule has 1 N–H and O–H groups in total. The number of nitrogens with zero attached hydrogens (tertiary/aromatic N) is 1. The fraction of sp³-hybridized carbons (Fsp3) is 0.375. The van der Waals surface area contributed by atoms with Crippen LogP contribution in [0, 0.1) is 5.92 Å². The van der Waals surface area contributed by atoms with Crippen molar-refractivity contribution in [1.29, 1.82) is 0 Å². The Labute approximate surface area is 193 Å². The van der Waals surface area contributed by atoms with E-state index in [1.165, 1.54) is 0 Å². The molecule has 0 saturated carbocycles. The minimum absolute atomic E-state index is 0.000498. The molecule has 4 nitrogen and oxygen atoms in total. The first-order valence-electron chi connectivity index (χ1n) is 10.2. The molecule has 2 heterocycles. The minimum atomic E-state index is -3.16. The van der Waals surface area contributed by atoms with Gasteiger partial charge in [-0.05, 0) is 52.3 Å². The monoisotopic (exact) mass is 477 g/mol. The average Bonchev–Trinajstić information content (AvgIpc) is 3.16. The highest BCUT2D eigenvalue weighted by molar-refractivity contribution is 7.90. The summed E-state index contributed by atoms with van der Waals surface area (Å²) in [6.07, 6.45) is 1.76. The van der Waals surface area contributed by atoms with Gasteiger partial charge in [0, 0.05) is 32.8 Å². The van der Waals surface area contributed by atoms with Crippen LogP contribution in [-0.4, -0.2) is 30.9 Å². The van der Waals surface area contributed by atoms with Crippen molar-refractivity contribution in [2.75, 3.05) is 12.4 Å². The first-order chi connectivity index (χ1) is 14.5. The first kappa shape index (κ1) is 23.9. The molecule has 31 heavy (non-hydrogen) atoms. The highest BCUT2D eigenvalue weighted by Gasteiger charge is 2.22. The summed E-state index contributed by atoms with van der Waals surface area (Å²) < 4.78 is 24.6. The Morgan fingerprint density at radius 1 is 1.13 bits per heavy atom. The Bertz CT molecular complexity index is 1170. The molecular weight excluding hydrogens is 450 g/mol. The molecule has 0 fully saturated rings. The topological polar surface area (TPSA) is 67.3 Å². The van der Waals surface area contributed by atoms with Crippen LogP contribution in [0.2, 0.25) is 5.02 Å². The van der Waals surface area contributed by atoms with Gasteiger partial charge in [-0.1, -0.05) is 51.4 Å². The van der Waals surface area contributed by atoms with Crippen molar-refractivity contribution < 1.29 is 13.5 Å². The molecule has 0 spiro atoms. The van der Waals surface area contributed by atoms with Gasteiger partial charge in [0.05, 0.1) is 18.1 Å². The molecule has 2 aromatic heterocycles. The third-order valence-corrected chi connectivity index (χ3v) is 8.29. The van der Waals surface area contributed by atoms with Crippen LogP contribution in [0.15, 0.2) is 48.0 Å². The zero-order valence-corrected chi connectivity index (χ0v) is 20.6. The third kappa shape index (κ3) is 5.95. The molecule has 0 saturated heterocycles. The second-order valence-electron chi connectivity index (χ2n) is 8.93. The first-order valence-corrected chi connectivity index (χ1v) is 13.2. The van der Waals surface area contributed by atoms with E-state index >= 15 is 0 Å². The van der Waals surface area contributed by atoms with Gasteiger partial charge in [0.15, 0.2) is 9.84 Å². The van der Waals surface area contributed by atoms with Crippen molar-refractivity contribution in [2.24, 2.45) is 5.92 Å². The van der Waals surface area contributed by atoms with E-state index in [-0.39, 0.29) is 24.0 Å². The Morgan fingerprint density at radius 2 is 1.87 bits per heavy atom. The zero-order chi connectivity index (χ0) is 22.8. The summed E-state index contributed by atoms with van der Waals surface area (Å²) in [5.41, 5.74) is 4.03. The van der Waals surface area contributed by atoms with E-state index < -0.39 is 15.3 Å². The number of aliphatic hydroxyl groups excluding tert-OH is 1. The smallest absolute Gasteiger partial charge is 0.154 e. The number of aliphatic hydroxyl groups is 1. The van der Waals surface area contributed by atoms with Crippen LogP contribution in [0.3, 0.4) is 0 Å². The molecule has 3 rings (SSSR count). The van der Waals surface area contributed by atoms with Gasteiger partial charge in [-0.25, -0.2) is 8.42 Å². The lowest BCUT2D eigenvalue weighted by atomic mass is 9.89. The number of aromatic nitrogens is 1. The summed E-state index contributed by atoms with van der Waals surface area (Å²) in [5.74, 6) is 0.266. The molecule has 0 amide bonds. The molecule has 0 aliphatic rings. The number of pyridine rings is 1. The number of sulfone groups is 1. The second-order valence-corrected chi connectivity index (χ2v) is 12.4. The molecule has 0 atom stereocenters. The summed E-state index contributed by atoms with van der Waals surface area (Å²) in [7, 11) is -3.16. The molecule has 0 radical (unpaired) electrons. The summed E-state index contributed by atoms with van der Waals surface area (Å²) in [4.78, 5) is 5.49. The summed E-state index contributed by atoms with van der Waals surface area (Å²) >= 11 is 8.14. The van der Waals surface area contributed by atoms with E-state index in [1.807, 2.05) is 57.3 Å². The Morgan fingerprint density at radius 3 is 2.52 bits per heavy atom. The lowest BCUT2D eigenvalue weighted by Gasteiger charge is -2.21. The van der Waals surface area contributed by atoms with E-state index in [0.717, 1.165) is 27.3 Å². The fourth-order valence-electron chi connectivity index (χ4n) is 3.37. The van der Waals surface area contributed by atoms with E-state index in [0.29, 0.717) is 10.6 Å². The Balaban J connectivity index is 1.86. The van der Waals surface area contributed by atoms with Gasteiger partial charge in [-0.2, -0.15) is 0 Å². The van der Waals surface area contributed by atoms with Crippen molar-refractivity contribution >= 4 is 32.8 Å². The normalized spacial score (nSPS) is 12.5. The van der Waals surface area contributed by atoms with Crippen molar-refractivity contribution in [3.05, 3.63) is 64.3 Å². The third-order valence-electron chi connectivity index (χ3n) is 5.05. The molecule has 7 heteroatoms. The number of halogens is 1. The highest BCUT2D eigenvalue weighted by atomic mass is 35.5. The van der Waals surface area contributed by atoms with Gasteiger partial charge in [-0.15, -0.1) is 11.3 Å². The van der Waals surface area contributed by atoms with Crippen LogP contribution in [0.5, 0.6) is 0 Å². The van der Waals surface area contributed by atoms with Crippen LogP contribution < -0.4 is 0 Å². The Kier molecular flexibility index (Phi) is 7.26. The maximum atomic E-state index is 12.3. The van der Waals surface area contributed by atoms with Gasteiger partial charge in [-0.3, -0.25) is 4.98 Å². The van der Waals surface area contributed by atoms with Crippen LogP contribution in [0.1, 0.15) is 39.0 Å². The molecule has 1 aromatic carbocycles. The fourth-order valence-corrected chi connectivity index (χ4v) is 6.41. The maximum absolute atomic E-state index is 12.3. The van der Waals surface area contributed by atoms with Crippen molar-refractivity contribution in [3.63, 3.8) is 0 Å². The van der Waals surface area contributed by atoms with Crippen LogP contribution in [-0.2, 0) is 21.0 Å². The molecule has 0 aliphatic heterocycles. The standard InChI is InChI=1S/C24H28ClNO3S2/c1-16(2)13-31(28,29)14-17-5-6-20(21(25)9-17)19-10-22(30-12-19)18-7-8-26-23(11-18)24(3,4)15-27/h5-12,16,27H,13-15H2,1-4H3. The molecule has 166 valence electrons. The van der Waals surface area contributed by atoms with Gasteiger partial charge in [0.1, 0.15) is 0 Å². The SMILES string of the molecule is CC(C)CS(=O)(=O)Cc1ccc(-c2csc(-c3ccnc(C(C)(C)CO)c3)c2)c(Cl)c1. The van der Waals surface area contributed by atoms with E-state index in [9.17, 15) is 13.5 Å². The number of hydrogen-bond donors (Lipinski definition) is 1. The summed E-state index contributed by atoms with van der Waals surface area (Å²) in [6, 6.07) is 11.5. The molecule has 0 aliphatic carbocycles. The van der Waals surface area contributed by atoms with Gasteiger partial charge in [0.25, 0.3) is 0 Å². The average molecular weight is 478 g/mol. The molecule has 3 aromatic rings. The van der Waals surface area contributed by atoms with Crippen molar-refractivity contribution in [2.45, 2.75) is 38.9 Å². The van der Waals surface area contributed by atoms with Crippen LogP contribution in [0.4, 0.5) is 0 Å². The zero-order valence-electron chi connectivity index (χ0n) is 18.2. The largest absolute Gasteiger partial charge is 0.395 e. The van der Waals surface area contributed by atoms with Crippen molar-refractivity contribution in [3.8, 4) is 21.6 Å². The maximum Gasteiger partial charge on any atom is 0.154 e. The van der Waals surface area contributed by atoms with E-state index in [4.69, 9.17) is 11.6 Å². The number of hydrogen-bond acceptors (Lipinski definition) is 5. The molecule has 0 bridgehead atoms.